The molecule has 0 radical (unpaired) electrons. The van der Waals surface area contributed by atoms with Gasteiger partial charge in [0.15, 0.2) is 0 Å². The van der Waals surface area contributed by atoms with Gasteiger partial charge < -0.3 is 4.90 Å². The Bertz CT molecular complexity index is 700. The van der Waals surface area contributed by atoms with Crippen molar-refractivity contribution < 1.29 is 9.59 Å². The SMILES string of the molecule is O=C(CN1CCN(c2ccccn2)CC1)NNC(=O)c1ccccc1. The molecule has 0 atom stereocenters. The zero-order valence-electron chi connectivity index (χ0n) is 13.9. The molecule has 1 saturated heterocycles. The maximum absolute atomic E-state index is 12.0. The van der Waals surface area contributed by atoms with Crippen LogP contribution in [0.3, 0.4) is 0 Å². The number of carbonyl (C=O) groups is 2. The molecule has 2 heterocycles. The summed E-state index contributed by atoms with van der Waals surface area (Å²) in [5.41, 5.74) is 5.41. The summed E-state index contributed by atoms with van der Waals surface area (Å²) in [6.07, 6.45) is 1.78. The van der Waals surface area contributed by atoms with Crippen molar-refractivity contribution in [1.82, 2.24) is 20.7 Å². The van der Waals surface area contributed by atoms with Gasteiger partial charge in [0.1, 0.15) is 5.82 Å². The molecule has 0 saturated carbocycles. The first kappa shape index (κ1) is 16.9. The third-order valence-corrected chi connectivity index (χ3v) is 4.06. The maximum atomic E-state index is 12.0. The van der Waals surface area contributed by atoms with Crippen LogP contribution in [0.2, 0.25) is 0 Å². The van der Waals surface area contributed by atoms with E-state index < -0.39 is 0 Å². The number of amides is 2. The predicted molar refractivity (Wildman–Crippen MR) is 94.9 cm³/mol. The topological polar surface area (TPSA) is 77.6 Å². The molecule has 0 spiro atoms. The van der Waals surface area contributed by atoms with Crippen molar-refractivity contribution in [3.05, 3.63) is 60.3 Å². The van der Waals surface area contributed by atoms with Crippen molar-refractivity contribution in [1.29, 1.82) is 0 Å². The van der Waals surface area contributed by atoms with Gasteiger partial charge in [0.2, 0.25) is 0 Å². The molecule has 2 N–H and O–H groups in total. The van der Waals surface area contributed by atoms with Crippen molar-refractivity contribution in [3.63, 3.8) is 0 Å². The number of pyridine rings is 1. The van der Waals surface area contributed by atoms with Crippen LogP contribution in [0.5, 0.6) is 0 Å². The van der Waals surface area contributed by atoms with Gasteiger partial charge in [0.25, 0.3) is 11.8 Å². The fraction of sp³-hybridized carbons (Fsp3) is 0.278. The van der Waals surface area contributed by atoms with E-state index in [1.807, 2.05) is 24.3 Å². The summed E-state index contributed by atoms with van der Waals surface area (Å²) < 4.78 is 0. The zero-order valence-corrected chi connectivity index (χ0v) is 13.9. The monoisotopic (exact) mass is 339 g/mol. The number of hydrazine groups is 1. The van der Waals surface area contributed by atoms with Crippen LogP contribution >= 0.6 is 0 Å². The van der Waals surface area contributed by atoms with Gasteiger partial charge in [0, 0.05) is 37.9 Å². The fourth-order valence-electron chi connectivity index (χ4n) is 2.71. The Morgan fingerprint density at radius 3 is 2.32 bits per heavy atom. The second-order valence-corrected chi connectivity index (χ2v) is 5.82. The Hall–Kier alpha value is -2.93. The lowest BCUT2D eigenvalue weighted by Gasteiger charge is -2.34. The average Bonchev–Trinajstić information content (AvgIpc) is 2.68. The Morgan fingerprint density at radius 2 is 1.64 bits per heavy atom. The largest absolute Gasteiger partial charge is 0.354 e. The van der Waals surface area contributed by atoms with E-state index in [1.54, 1.807) is 30.5 Å². The molecule has 1 aromatic carbocycles. The number of nitrogens with zero attached hydrogens (tertiary/aromatic N) is 3. The second-order valence-electron chi connectivity index (χ2n) is 5.82. The minimum Gasteiger partial charge on any atom is -0.354 e. The number of piperazine rings is 1. The third kappa shape index (κ3) is 4.77. The first-order valence-electron chi connectivity index (χ1n) is 8.25. The summed E-state index contributed by atoms with van der Waals surface area (Å²) >= 11 is 0. The number of rotatable bonds is 4. The van der Waals surface area contributed by atoms with Crippen molar-refractivity contribution >= 4 is 17.6 Å². The van der Waals surface area contributed by atoms with Crippen LogP contribution in [0.4, 0.5) is 5.82 Å². The summed E-state index contributed by atoms with van der Waals surface area (Å²) in [7, 11) is 0. The normalized spacial score (nSPS) is 14.8. The standard InChI is InChI=1S/C18H21N5O2/c24-17(20-21-18(25)15-6-2-1-3-7-15)14-22-10-12-23(13-11-22)16-8-4-5-9-19-16/h1-9H,10-14H2,(H,20,24)(H,21,25). The molecule has 25 heavy (non-hydrogen) atoms. The van der Waals surface area contributed by atoms with Crippen molar-refractivity contribution in [3.8, 4) is 0 Å². The van der Waals surface area contributed by atoms with Crippen LogP contribution in [0.25, 0.3) is 0 Å². The van der Waals surface area contributed by atoms with Crippen LogP contribution in [-0.4, -0.2) is 54.4 Å². The van der Waals surface area contributed by atoms with Gasteiger partial charge in [-0.15, -0.1) is 0 Å². The lowest BCUT2D eigenvalue weighted by Crippen LogP contribution is -2.52. The maximum Gasteiger partial charge on any atom is 0.269 e. The van der Waals surface area contributed by atoms with Gasteiger partial charge >= 0.3 is 0 Å². The van der Waals surface area contributed by atoms with Gasteiger partial charge in [-0.05, 0) is 24.3 Å². The van der Waals surface area contributed by atoms with E-state index >= 15 is 0 Å². The molecule has 1 aliphatic rings. The molecule has 0 bridgehead atoms. The lowest BCUT2D eigenvalue weighted by atomic mass is 10.2. The van der Waals surface area contributed by atoms with E-state index in [-0.39, 0.29) is 18.4 Å². The summed E-state index contributed by atoms with van der Waals surface area (Å²) in [4.78, 5) is 32.5. The summed E-state index contributed by atoms with van der Waals surface area (Å²) in [6.45, 7) is 3.44. The van der Waals surface area contributed by atoms with Crippen molar-refractivity contribution in [2.45, 2.75) is 0 Å². The van der Waals surface area contributed by atoms with Crippen molar-refractivity contribution in [2.24, 2.45) is 0 Å². The smallest absolute Gasteiger partial charge is 0.269 e. The zero-order chi connectivity index (χ0) is 17.5. The molecule has 130 valence electrons. The summed E-state index contributed by atoms with van der Waals surface area (Å²) in [5.74, 6) is 0.409. The van der Waals surface area contributed by atoms with E-state index in [4.69, 9.17) is 0 Å². The van der Waals surface area contributed by atoms with Gasteiger partial charge in [-0.3, -0.25) is 25.3 Å². The van der Waals surface area contributed by atoms with Crippen LogP contribution in [-0.2, 0) is 4.79 Å². The average molecular weight is 339 g/mol. The minimum absolute atomic E-state index is 0.226. The quantitative estimate of drug-likeness (QED) is 0.801. The van der Waals surface area contributed by atoms with Crippen LogP contribution in [0, 0.1) is 0 Å². The minimum atomic E-state index is -0.325. The number of hydrogen-bond donors (Lipinski definition) is 2. The Morgan fingerprint density at radius 1 is 0.920 bits per heavy atom. The highest BCUT2D eigenvalue weighted by Crippen LogP contribution is 2.12. The van der Waals surface area contributed by atoms with Gasteiger partial charge in [-0.2, -0.15) is 0 Å². The first-order chi connectivity index (χ1) is 12.2. The molecule has 7 nitrogen and oxygen atoms in total. The van der Waals surface area contributed by atoms with E-state index in [0.717, 1.165) is 32.0 Å². The van der Waals surface area contributed by atoms with Gasteiger partial charge in [-0.25, -0.2) is 4.98 Å². The first-order valence-corrected chi connectivity index (χ1v) is 8.25. The highest BCUT2D eigenvalue weighted by molar-refractivity contribution is 5.95. The van der Waals surface area contributed by atoms with Gasteiger partial charge in [-0.1, -0.05) is 24.3 Å². The number of anilines is 1. The Labute approximate surface area is 146 Å². The number of benzene rings is 1. The van der Waals surface area contributed by atoms with E-state index in [9.17, 15) is 9.59 Å². The molecular weight excluding hydrogens is 318 g/mol. The van der Waals surface area contributed by atoms with Crippen LogP contribution in [0.1, 0.15) is 10.4 Å². The Balaban J connectivity index is 1.40. The lowest BCUT2D eigenvalue weighted by molar-refractivity contribution is -0.123. The molecule has 0 aliphatic carbocycles. The van der Waals surface area contributed by atoms with E-state index in [0.29, 0.717) is 5.56 Å². The van der Waals surface area contributed by atoms with E-state index in [2.05, 4.69) is 25.6 Å². The summed E-state index contributed by atoms with van der Waals surface area (Å²) in [6, 6.07) is 14.6. The number of carbonyl (C=O) groups excluding carboxylic acids is 2. The molecule has 0 unspecified atom stereocenters. The fourth-order valence-corrected chi connectivity index (χ4v) is 2.71. The summed E-state index contributed by atoms with van der Waals surface area (Å²) in [5, 5.41) is 0. The highest BCUT2D eigenvalue weighted by Gasteiger charge is 2.19. The van der Waals surface area contributed by atoms with Crippen molar-refractivity contribution in [2.75, 3.05) is 37.6 Å². The van der Waals surface area contributed by atoms with E-state index in [1.165, 1.54) is 0 Å². The highest BCUT2D eigenvalue weighted by atomic mass is 16.2. The molecule has 1 aromatic heterocycles. The second kappa shape index (κ2) is 8.25. The molecule has 2 amide bonds. The molecular formula is C18H21N5O2. The number of aromatic nitrogens is 1. The molecule has 2 aromatic rings. The number of nitrogens with one attached hydrogen (secondary N) is 2. The molecule has 3 rings (SSSR count). The molecule has 7 heteroatoms. The number of hydrogen-bond acceptors (Lipinski definition) is 5. The molecule has 1 aliphatic heterocycles. The predicted octanol–water partition coefficient (Wildman–Crippen LogP) is 0.665. The van der Waals surface area contributed by atoms with Crippen LogP contribution < -0.4 is 15.8 Å². The molecule has 1 fully saturated rings. The third-order valence-electron chi connectivity index (χ3n) is 4.06. The Kier molecular flexibility index (Phi) is 5.58. The van der Waals surface area contributed by atoms with Crippen LogP contribution in [0.15, 0.2) is 54.7 Å². The van der Waals surface area contributed by atoms with Gasteiger partial charge in [0.05, 0.1) is 6.54 Å².